The molecule has 0 spiro atoms. The van der Waals surface area contributed by atoms with Crippen LogP contribution >= 0.6 is 27.3 Å². The predicted molar refractivity (Wildman–Crippen MR) is 71.6 cm³/mol. The highest BCUT2D eigenvalue weighted by molar-refractivity contribution is 9.11. The van der Waals surface area contributed by atoms with E-state index in [0.717, 1.165) is 26.8 Å². The fourth-order valence-corrected chi connectivity index (χ4v) is 3.09. The van der Waals surface area contributed by atoms with Gasteiger partial charge in [-0.15, -0.1) is 11.3 Å². The van der Waals surface area contributed by atoms with Crippen molar-refractivity contribution >= 4 is 33.0 Å². The Kier molecular flexibility index (Phi) is 4.02. The Morgan fingerprint density at radius 3 is 2.40 bits per heavy atom. The molecule has 0 fully saturated rings. The fourth-order valence-electron chi connectivity index (χ4n) is 1.60. The number of hydrogen-bond acceptors (Lipinski definition) is 2. The van der Waals surface area contributed by atoms with Crippen LogP contribution in [0.4, 0.5) is 17.6 Å². The minimum Gasteiger partial charge on any atom is -0.288 e. The van der Waals surface area contributed by atoms with Crippen LogP contribution < -0.4 is 0 Å². The molecule has 106 valence electrons. The van der Waals surface area contributed by atoms with Gasteiger partial charge in [0.15, 0.2) is 0 Å². The zero-order valence-corrected chi connectivity index (χ0v) is 12.4. The summed E-state index contributed by atoms with van der Waals surface area (Å²) in [6.07, 6.45) is -4.83. The number of alkyl halides is 3. The fraction of sp³-hybridized carbons (Fsp3) is 0.154. The maximum absolute atomic E-state index is 13.2. The van der Waals surface area contributed by atoms with Gasteiger partial charge >= 0.3 is 6.18 Å². The minimum atomic E-state index is -4.83. The second-order valence-corrected chi connectivity index (χ2v) is 6.46. The Bertz CT molecular complexity index is 656. The Labute approximate surface area is 124 Å². The van der Waals surface area contributed by atoms with Crippen molar-refractivity contribution in [1.29, 1.82) is 0 Å². The molecule has 2 rings (SSSR count). The first-order valence-corrected chi connectivity index (χ1v) is 6.98. The summed E-state index contributed by atoms with van der Waals surface area (Å²) in [4.78, 5) is 12.4. The molecule has 1 nitrogen and oxygen atoms in total. The van der Waals surface area contributed by atoms with Crippen LogP contribution in [0.25, 0.3) is 0 Å². The highest BCUT2D eigenvalue weighted by Crippen LogP contribution is 2.33. The highest BCUT2D eigenvalue weighted by atomic mass is 79.9. The number of rotatable bonds is 2. The van der Waals surface area contributed by atoms with Crippen LogP contribution in [0.15, 0.2) is 28.1 Å². The summed E-state index contributed by atoms with van der Waals surface area (Å²) in [6, 6.07) is 3.83. The largest absolute Gasteiger partial charge is 0.419 e. The molecule has 0 aliphatic heterocycles. The molecule has 0 saturated heterocycles. The summed E-state index contributed by atoms with van der Waals surface area (Å²) in [5.41, 5.74) is -0.806. The molecular formula is C13H7BrF4OS. The third-order valence-electron chi connectivity index (χ3n) is 2.61. The molecule has 0 N–H and O–H groups in total. The monoisotopic (exact) mass is 366 g/mol. The number of ketones is 1. The van der Waals surface area contributed by atoms with Crippen molar-refractivity contribution < 1.29 is 22.4 Å². The van der Waals surface area contributed by atoms with Gasteiger partial charge in [-0.05, 0) is 52.7 Å². The van der Waals surface area contributed by atoms with E-state index < -0.39 is 23.3 Å². The van der Waals surface area contributed by atoms with Crippen molar-refractivity contribution in [2.24, 2.45) is 0 Å². The first-order valence-electron chi connectivity index (χ1n) is 5.37. The van der Waals surface area contributed by atoms with E-state index in [-0.39, 0.29) is 5.56 Å². The lowest BCUT2D eigenvalue weighted by Crippen LogP contribution is -2.10. The molecule has 0 saturated carbocycles. The van der Waals surface area contributed by atoms with Crippen molar-refractivity contribution in [3.05, 3.63) is 55.4 Å². The molecule has 1 heterocycles. The van der Waals surface area contributed by atoms with E-state index in [1.165, 1.54) is 0 Å². The molecule has 0 radical (unpaired) electrons. The molecule has 2 aromatic rings. The minimum absolute atomic E-state index is 0.188. The van der Waals surface area contributed by atoms with Gasteiger partial charge in [0.1, 0.15) is 5.82 Å². The van der Waals surface area contributed by atoms with Crippen LogP contribution in [0.5, 0.6) is 0 Å². The van der Waals surface area contributed by atoms with Crippen molar-refractivity contribution in [1.82, 2.24) is 0 Å². The first kappa shape index (κ1) is 15.2. The maximum Gasteiger partial charge on any atom is 0.419 e. The quantitative estimate of drug-likeness (QED) is 0.526. The number of halogens is 5. The van der Waals surface area contributed by atoms with Crippen molar-refractivity contribution in [3.8, 4) is 0 Å². The molecule has 1 aromatic carbocycles. The van der Waals surface area contributed by atoms with E-state index in [4.69, 9.17) is 0 Å². The third kappa shape index (κ3) is 2.93. The first-order chi connectivity index (χ1) is 9.20. The molecule has 0 aliphatic rings. The van der Waals surface area contributed by atoms with Gasteiger partial charge in [0.2, 0.25) is 5.78 Å². The van der Waals surface area contributed by atoms with Gasteiger partial charge in [0.25, 0.3) is 0 Å². The smallest absolute Gasteiger partial charge is 0.288 e. The van der Waals surface area contributed by atoms with Crippen LogP contribution in [-0.4, -0.2) is 5.78 Å². The zero-order chi connectivity index (χ0) is 15.1. The molecule has 0 amide bonds. The molecule has 0 atom stereocenters. The summed E-state index contributed by atoms with van der Waals surface area (Å²) in [5, 5.41) is 0. The third-order valence-corrected chi connectivity index (χ3v) is 4.75. The maximum atomic E-state index is 13.2. The van der Waals surface area contributed by atoms with E-state index in [0.29, 0.717) is 17.0 Å². The topological polar surface area (TPSA) is 17.1 Å². The van der Waals surface area contributed by atoms with Crippen molar-refractivity contribution in [3.63, 3.8) is 0 Å². The second kappa shape index (κ2) is 5.29. The molecule has 0 unspecified atom stereocenters. The van der Waals surface area contributed by atoms with Crippen molar-refractivity contribution in [2.75, 3.05) is 0 Å². The summed E-state index contributed by atoms with van der Waals surface area (Å²) in [7, 11) is 0. The van der Waals surface area contributed by atoms with Gasteiger partial charge in [0.05, 0.1) is 14.2 Å². The summed E-state index contributed by atoms with van der Waals surface area (Å²) in [5.74, 6) is -1.95. The summed E-state index contributed by atoms with van der Waals surface area (Å²) >= 11 is 4.37. The Morgan fingerprint density at radius 1 is 1.25 bits per heavy atom. The lowest BCUT2D eigenvalue weighted by Gasteiger charge is -2.09. The molecular weight excluding hydrogens is 360 g/mol. The number of hydrogen-bond donors (Lipinski definition) is 0. The SMILES string of the molecule is Cc1cc(C(=O)c2ccc(F)c(C(F)(F)F)c2)sc1Br. The lowest BCUT2D eigenvalue weighted by molar-refractivity contribution is -0.140. The highest BCUT2D eigenvalue weighted by Gasteiger charge is 2.34. The molecule has 0 aliphatic carbocycles. The van der Waals surface area contributed by atoms with Crippen LogP contribution in [0.2, 0.25) is 0 Å². The molecule has 20 heavy (non-hydrogen) atoms. The molecule has 1 aromatic heterocycles. The van der Waals surface area contributed by atoms with Gasteiger partial charge in [-0.1, -0.05) is 0 Å². The van der Waals surface area contributed by atoms with Gasteiger partial charge in [-0.3, -0.25) is 4.79 Å². The van der Waals surface area contributed by atoms with E-state index in [1.807, 2.05) is 0 Å². The van der Waals surface area contributed by atoms with E-state index in [9.17, 15) is 22.4 Å². The summed E-state index contributed by atoms with van der Waals surface area (Å²) < 4.78 is 51.7. The predicted octanol–water partition coefficient (Wildman–Crippen LogP) is 5.21. The van der Waals surface area contributed by atoms with Crippen LogP contribution in [0.1, 0.15) is 26.4 Å². The Balaban J connectivity index is 2.46. The number of thiophene rings is 1. The van der Waals surface area contributed by atoms with Crippen LogP contribution in [0.3, 0.4) is 0 Å². The van der Waals surface area contributed by atoms with E-state index in [1.54, 1.807) is 13.0 Å². The molecule has 0 bridgehead atoms. The number of carbonyl (C=O) groups excluding carboxylic acids is 1. The number of carbonyl (C=O) groups is 1. The second-order valence-electron chi connectivity index (χ2n) is 4.09. The lowest BCUT2D eigenvalue weighted by atomic mass is 10.1. The Morgan fingerprint density at radius 2 is 1.90 bits per heavy atom. The average Bonchev–Trinajstić information content (AvgIpc) is 2.68. The van der Waals surface area contributed by atoms with Crippen LogP contribution in [-0.2, 0) is 6.18 Å². The van der Waals surface area contributed by atoms with E-state index in [2.05, 4.69) is 15.9 Å². The van der Waals surface area contributed by atoms with Gasteiger partial charge < -0.3 is 0 Å². The standard InChI is InChI=1S/C13H7BrF4OS/c1-6-4-10(20-12(6)14)11(19)7-2-3-9(15)8(5-7)13(16,17)18/h2-5H,1H3. The van der Waals surface area contributed by atoms with Gasteiger partial charge in [-0.2, -0.15) is 13.2 Å². The molecule has 7 heteroatoms. The average molecular weight is 367 g/mol. The Hall–Kier alpha value is -1.21. The number of aryl methyl sites for hydroxylation is 1. The van der Waals surface area contributed by atoms with Crippen molar-refractivity contribution in [2.45, 2.75) is 13.1 Å². The normalized spacial score (nSPS) is 11.7. The van der Waals surface area contributed by atoms with E-state index >= 15 is 0 Å². The van der Waals surface area contributed by atoms with Gasteiger partial charge in [-0.25, -0.2) is 4.39 Å². The van der Waals surface area contributed by atoms with Crippen LogP contribution in [0, 0.1) is 12.7 Å². The zero-order valence-electron chi connectivity index (χ0n) is 10.0. The van der Waals surface area contributed by atoms with Gasteiger partial charge in [0, 0.05) is 5.56 Å². The number of benzene rings is 1. The summed E-state index contributed by atoms with van der Waals surface area (Å²) in [6.45, 7) is 1.77.